The van der Waals surface area contributed by atoms with Crippen LogP contribution in [0.25, 0.3) is 0 Å². The van der Waals surface area contributed by atoms with Crippen molar-refractivity contribution in [1.82, 2.24) is 14.9 Å². The van der Waals surface area contributed by atoms with Crippen molar-refractivity contribution >= 4 is 5.91 Å². The lowest BCUT2D eigenvalue weighted by molar-refractivity contribution is -0.139. The number of hydrogen-bond donors (Lipinski definition) is 0. The molecule has 0 aromatic carbocycles. The van der Waals surface area contributed by atoms with Crippen LogP contribution in [0.4, 0.5) is 0 Å². The van der Waals surface area contributed by atoms with E-state index < -0.39 is 0 Å². The standard InChI is InChI=1S/C19H29N3O3/c1-14-20-12-17(13-25-11-10-24-2)18(21-14)15-6-8-22(9-7-15)19(23)16-4-3-5-16/h12,15-16H,3-11,13H2,1-2H3. The highest BCUT2D eigenvalue weighted by Gasteiger charge is 2.32. The molecule has 2 heterocycles. The summed E-state index contributed by atoms with van der Waals surface area (Å²) in [6, 6.07) is 0. The second-order valence-electron chi connectivity index (χ2n) is 7.10. The fraction of sp³-hybridized carbons (Fsp3) is 0.737. The maximum absolute atomic E-state index is 12.4. The van der Waals surface area contributed by atoms with Crippen molar-refractivity contribution in [2.45, 2.75) is 51.6 Å². The van der Waals surface area contributed by atoms with Crippen molar-refractivity contribution in [2.75, 3.05) is 33.4 Å². The van der Waals surface area contributed by atoms with Crippen LogP contribution in [-0.2, 0) is 20.9 Å². The Morgan fingerprint density at radius 2 is 2.00 bits per heavy atom. The Hall–Kier alpha value is -1.53. The van der Waals surface area contributed by atoms with Crippen LogP contribution in [0.1, 0.15) is 55.1 Å². The van der Waals surface area contributed by atoms with Gasteiger partial charge in [0.25, 0.3) is 0 Å². The summed E-state index contributed by atoms with van der Waals surface area (Å²) in [7, 11) is 1.67. The minimum Gasteiger partial charge on any atom is -0.382 e. The van der Waals surface area contributed by atoms with Gasteiger partial charge in [-0.05, 0) is 32.6 Å². The van der Waals surface area contributed by atoms with Crippen LogP contribution >= 0.6 is 0 Å². The van der Waals surface area contributed by atoms with Crippen LogP contribution in [0.15, 0.2) is 6.20 Å². The van der Waals surface area contributed by atoms with E-state index in [4.69, 9.17) is 14.5 Å². The SMILES string of the molecule is COCCOCc1cnc(C)nc1C1CCN(C(=O)C2CCC2)CC1. The third kappa shape index (κ3) is 4.55. The van der Waals surface area contributed by atoms with E-state index in [9.17, 15) is 4.79 Å². The molecule has 0 atom stereocenters. The lowest BCUT2D eigenvalue weighted by Gasteiger charge is -2.36. The predicted octanol–water partition coefficient (Wildman–Crippen LogP) is 2.45. The number of aromatic nitrogens is 2. The van der Waals surface area contributed by atoms with Gasteiger partial charge in [0.1, 0.15) is 5.82 Å². The monoisotopic (exact) mass is 347 g/mol. The smallest absolute Gasteiger partial charge is 0.225 e. The number of piperidine rings is 1. The van der Waals surface area contributed by atoms with E-state index in [0.717, 1.165) is 55.9 Å². The number of nitrogens with zero attached hydrogens (tertiary/aromatic N) is 3. The van der Waals surface area contributed by atoms with E-state index in [1.165, 1.54) is 6.42 Å². The first-order chi connectivity index (χ1) is 12.2. The van der Waals surface area contributed by atoms with Crippen LogP contribution in [0.2, 0.25) is 0 Å². The average Bonchev–Trinajstić information content (AvgIpc) is 2.58. The number of carbonyl (C=O) groups is 1. The van der Waals surface area contributed by atoms with Gasteiger partial charge in [-0.3, -0.25) is 4.79 Å². The van der Waals surface area contributed by atoms with Crippen molar-refractivity contribution in [1.29, 1.82) is 0 Å². The Morgan fingerprint density at radius 1 is 1.24 bits per heavy atom. The van der Waals surface area contributed by atoms with Gasteiger partial charge in [-0.1, -0.05) is 6.42 Å². The highest BCUT2D eigenvalue weighted by Crippen LogP contribution is 2.33. The van der Waals surface area contributed by atoms with Gasteiger partial charge in [0.15, 0.2) is 0 Å². The van der Waals surface area contributed by atoms with E-state index >= 15 is 0 Å². The second kappa shape index (κ2) is 8.72. The number of rotatable bonds is 7. The average molecular weight is 347 g/mol. The number of likely N-dealkylation sites (tertiary alicyclic amines) is 1. The Kier molecular flexibility index (Phi) is 6.37. The first-order valence-electron chi connectivity index (χ1n) is 9.37. The van der Waals surface area contributed by atoms with E-state index in [1.807, 2.05) is 13.1 Å². The van der Waals surface area contributed by atoms with E-state index in [2.05, 4.69) is 9.88 Å². The maximum atomic E-state index is 12.4. The zero-order valence-electron chi connectivity index (χ0n) is 15.4. The van der Waals surface area contributed by atoms with E-state index in [1.54, 1.807) is 7.11 Å². The van der Waals surface area contributed by atoms with Gasteiger partial charge >= 0.3 is 0 Å². The molecule has 2 fully saturated rings. The number of aryl methyl sites for hydroxylation is 1. The predicted molar refractivity (Wildman–Crippen MR) is 94.2 cm³/mol. The van der Waals surface area contributed by atoms with Crippen molar-refractivity contribution in [2.24, 2.45) is 5.92 Å². The number of ether oxygens (including phenoxy) is 2. The molecule has 6 nitrogen and oxygen atoms in total. The first kappa shape index (κ1) is 18.3. The topological polar surface area (TPSA) is 64.6 Å². The molecule has 1 saturated carbocycles. The van der Waals surface area contributed by atoms with Gasteiger partial charge in [0, 0.05) is 43.8 Å². The van der Waals surface area contributed by atoms with E-state index in [-0.39, 0.29) is 0 Å². The van der Waals surface area contributed by atoms with Gasteiger partial charge < -0.3 is 14.4 Å². The van der Waals surface area contributed by atoms with Crippen molar-refractivity contribution in [3.63, 3.8) is 0 Å². The van der Waals surface area contributed by atoms with E-state index in [0.29, 0.717) is 37.6 Å². The molecule has 25 heavy (non-hydrogen) atoms. The summed E-state index contributed by atoms with van der Waals surface area (Å²) < 4.78 is 10.7. The molecule has 138 valence electrons. The summed E-state index contributed by atoms with van der Waals surface area (Å²) >= 11 is 0. The molecule has 2 aliphatic rings. The maximum Gasteiger partial charge on any atom is 0.225 e. The normalized spacial score (nSPS) is 19.0. The molecule has 6 heteroatoms. The van der Waals surface area contributed by atoms with Gasteiger partial charge in [0.05, 0.1) is 25.5 Å². The van der Waals surface area contributed by atoms with Crippen LogP contribution in [0.5, 0.6) is 0 Å². The van der Waals surface area contributed by atoms with Crippen molar-refractivity contribution < 1.29 is 14.3 Å². The molecule has 1 aliphatic carbocycles. The van der Waals surface area contributed by atoms with Gasteiger partial charge in [-0.25, -0.2) is 9.97 Å². The Morgan fingerprint density at radius 3 is 2.64 bits per heavy atom. The number of amides is 1. The number of hydrogen-bond acceptors (Lipinski definition) is 5. The molecule has 0 unspecified atom stereocenters. The molecule has 0 radical (unpaired) electrons. The molecule has 1 amide bonds. The minimum atomic E-state index is 0.294. The van der Waals surface area contributed by atoms with Crippen LogP contribution in [0.3, 0.4) is 0 Å². The summed E-state index contributed by atoms with van der Waals surface area (Å²) in [5, 5.41) is 0. The van der Waals surface area contributed by atoms with Crippen molar-refractivity contribution in [3.8, 4) is 0 Å². The minimum absolute atomic E-state index is 0.294. The largest absolute Gasteiger partial charge is 0.382 e. The highest BCUT2D eigenvalue weighted by molar-refractivity contribution is 5.79. The lowest BCUT2D eigenvalue weighted by atomic mass is 9.83. The van der Waals surface area contributed by atoms with Crippen molar-refractivity contribution in [3.05, 3.63) is 23.3 Å². The van der Waals surface area contributed by atoms with Crippen LogP contribution < -0.4 is 0 Å². The summed E-state index contributed by atoms with van der Waals surface area (Å²) in [4.78, 5) is 23.5. The number of carbonyl (C=O) groups excluding carboxylic acids is 1. The quantitative estimate of drug-likeness (QED) is 0.709. The van der Waals surface area contributed by atoms with Crippen LogP contribution in [-0.4, -0.2) is 54.2 Å². The molecule has 0 bridgehead atoms. The van der Waals surface area contributed by atoms with Gasteiger partial charge in [0.2, 0.25) is 5.91 Å². The van der Waals surface area contributed by atoms with Crippen LogP contribution in [0, 0.1) is 12.8 Å². The molecular weight excluding hydrogens is 318 g/mol. The Balaban J connectivity index is 1.59. The second-order valence-corrected chi connectivity index (χ2v) is 7.10. The van der Waals surface area contributed by atoms with Gasteiger partial charge in [-0.2, -0.15) is 0 Å². The highest BCUT2D eigenvalue weighted by atomic mass is 16.5. The fourth-order valence-electron chi connectivity index (χ4n) is 3.59. The molecule has 3 rings (SSSR count). The summed E-state index contributed by atoms with van der Waals surface area (Å²) in [5.74, 6) is 1.84. The molecule has 0 N–H and O–H groups in total. The fourth-order valence-corrected chi connectivity index (χ4v) is 3.59. The molecule has 0 spiro atoms. The Labute approximate surface area is 149 Å². The summed E-state index contributed by atoms with van der Waals surface area (Å²) in [6.07, 6.45) is 7.19. The zero-order valence-corrected chi connectivity index (χ0v) is 15.4. The summed E-state index contributed by atoms with van der Waals surface area (Å²) in [5.41, 5.74) is 2.16. The summed E-state index contributed by atoms with van der Waals surface area (Å²) in [6.45, 7) is 5.27. The first-order valence-corrected chi connectivity index (χ1v) is 9.37. The molecule has 1 aromatic heterocycles. The third-order valence-electron chi connectivity index (χ3n) is 5.36. The zero-order chi connectivity index (χ0) is 17.6. The lowest BCUT2D eigenvalue weighted by Crippen LogP contribution is -2.43. The Bertz CT molecular complexity index is 581. The molecule has 1 saturated heterocycles. The third-order valence-corrected chi connectivity index (χ3v) is 5.36. The molecule has 1 aliphatic heterocycles. The molecule has 1 aromatic rings. The number of methoxy groups -OCH3 is 1. The molecular formula is C19H29N3O3. The van der Waals surface area contributed by atoms with Gasteiger partial charge in [-0.15, -0.1) is 0 Å².